The molecule has 1 rings (SSSR count). The fourth-order valence-corrected chi connectivity index (χ4v) is 5.11. The van der Waals surface area contributed by atoms with Crippen LogP contribution in [0.3, 0.4) is 0 Å². The van der Waals surface area contributed by atoms with Crippen LogP contribution in [0.4, 0.5) is 5.69 Å². The van der Waals surface area contributed by atoms with Gasteiger partial charge in [-0.15, -0.1) is 0 Å². The van der Waals surface area contributed by atoms with Crippen LogP contribution in [0.25, 0.3) is 0 Å². The van der Waals surface area contributed by atoms with Gasteiger partial charge in [0.25, 0.3) is 5.17 Å². The highest BCUT2D eigenvalue weighted by molar-refractivity contribution is 8.56. The van der Waals surface area contributed by atoms with E-state index in [-0.39, 0.29) is 10.4 Å². The van der Waals surface area contributed by atoms with Gasteiger partial charge in [0.15, 0.2) is 0 Å². The van der Waals surface area contributed by atoms with Crippen molar-refractivity contribution in [3.05, 3.63) is 29.8 Å². The maximum Gasteiger partial charge on any atom is 0.373 e. The van der Waals surface area contributed by atoms with Crippen molar-refractivity contribution >= 4 is 41.2 Å². The zero-order chi connectivity index (χ0) is 14.5. The molecule has 3 N–H and O–H groups in total. The first kappa shape index (κ1) is 16.5. The quantitative estimate of drug-likeness (QED) is 0.623. The molecule has 2 unspecified atom stereocenters. The molecule has 7 heteroatoms. The van der Waals surface area contributed by atoms with Crippen molar-refractivity contribution in [3.8, 4) is 0 Å². The molecule has 0 amide bonds. The molecular formula is C12H19N2O2PS2. The van der Waals surface area contributed by atoms with Crippen molar-refractivity contribution in [2.45, 2.75) is 32.4 Å². The fraction of sp³-hybridized carbons (Fsp3) is 0.417. The highest BCUT2D eigenvalue weighted by atomic mass is 32.7. The smallest absolute Gasteiger partial charge is 0.373 e. The number of thiocarbonyl (C=S) groups is 1. The van der Waals surface area contributed by atoms with Gasteiger partial charge in [0.1, 0.15) is 0 Å². The first-order valence-corrected chi connectivity index (χ1v) is 9.55. The molecule has 0 heterocycles. The summed E-state index contributed by atoms with van der Waals surface area (Å²) in [7, 11) is 0. The Kier molecular flexibility index (Phi) is 6.33. The van der Waals surface area contributed by atoms with E-state index in [0.29, 0.717) is 0 Å². The fourth-order valence-electron chi connectivity index (χ4n) is 1.24. The lowest BCUT2D eigenvalue weighted by molar-refractivity contribution is 0.502. The van der Waals surface area contributed by atoms with Gasteiger partial charge in [-0.25, -0.2) is 10.1 Å². The van der Waals surface area contributed by atoms with Crippen LogP contribution in [-0.4, -0.2) is 10.4 Å². The summed E-state index contributed by atoms with van der Waals surface area (Å²) in [5, 5.41) is 3.06. The van der Waals surface area contributed by atoms with Crippen LogP contribution < -0.4 is 10.8 Å². The molecular weight excluding hydrogens is 299 g/mol. The van der Waals surface area contributed by atoms with E-state index in [2.05, 4.69) is 5.32 Å². The molecule has 2 atom stereocenters. The van der Waals surface area contributed by atoms with Gasteiger partial charge in [0.2, 0.25) is 0 Å². The minimum Gasteiger partial charge on any atom is -0.399 e. The molecule has 0 aromatic heterocycles. The normalized spacial score (nSPS) is 15.4. The molecule has 1 aromatic rings. The van der Waals surface area contributed by atoms with Crippen LogP contribution in [0.2, 0.25) is 0 Å². The monoisotopic (exact) mass is 318 g/mol. The Morgan fingerprint density at radius 1 is 1.53 bits per heavy atom. The average Bonchev–Trinajstić information content (AvgIpc) is 2.30. The number of hydrogen-bond donors (Lipinski definition) is 2. The number of nitrogens with one attached hydrogen (secondary N) is 1. The zero-order valence-corrected chi connectivity index (χ0v) is 13.8. The molecule has 0 spiro atoms. The Hall–Kier alpha value is -0.550. The second-order valence-electron chi connectivity index (χ2n) is 4.23. The Morgan fingerprint density at radius 3 is 2.63 bits per heavy atom. The summed E-state index contributed by atoms with van der Waals surface area (Å²) < 4.78 is 17.2. The highest BCUT2D eigenvalue weighted by Gasteiger charge is 2.23. The molecule has 106 valence electrons. The maximum absolute atomic E-state index is 12.0. The summed E-state index contributed by atoms with van der Waals surface area (Å²) >= 11 is 6.13. The Morgan fingerprint density at radius 2 is 2.11 bits per heavy atom. The van der Waals surface area contributed by atoms with Crippen molar-refractivity contribution in [3.63, 3.8) is 0 Å². The summed E-state index contributed by atoms with van der Waals surface area (Å²) in [6.07, 6.45) is 0.868. The molecule has 0 fully saturated rings. The highest BCUT2D eigenvalue weighted by Crippen LogP contribution is 2.55. The lowest BCUT2D eigenvalue weighted by Crippen LogP contribution is -2.14. The predicted molar refractivity (Wildman–Crippen MR) is 87.6 cm³/mol. The lowest BCUT2D eigenvalue weighted by atomic mass is 10.2. The Bertz CT molecular complexity index is 479. The molecule has 0 bridgehead atoms. The number of anilines is 1. The molecule has 0 aliphatic rings. The number of benzene rings is 1. The molecule has 0 aliphatic heterocycles. The third kappa shape index (κ3) is 6.43. The summed E-state index contributed by atoms with van der Waals surface area (Å²) in [5.41, 5.74) is 7.57. The van der Waals surface area contributed by atoms with Gasteiger partial charge in [0.05, 0.1) is 0 Å². The molecule has 4 nitrogen and oxygen atoms in total. The molecule has 19 heavy (non-hydrogen) atoms. The Balaban J connectivity index is 2.55. The largest absolute Gasteiger partial charge is 0.399 e. The van der Waals surface area contributed by atoms with Crippen LogP contribution in [0.15, 0.2) is 24.3 Å². The second kappa shape index (κ2) is 7.29. The molecule has 0 saturated carbocycles. The number of hydrogen-bond acceptors (Lipinski definition) is 4. The molecule has 0 radical (unpaired) electrons. The van der Waals surface area contributed by atoms with Crippen LogP contribution in [0.5, 0.6) is 0 Å². The standard InChI is InChI=1S/C12H19N2O2PS2/c1-4-10(3)19-17(13,15)16-12(18)14-11-7-5-9(2)6-8-11/h5-8,10H,4H2,1-3H3,(H2,13,15)(H,14,18). The first-order valence-electron chi connectivity index (χ1n) is 5.96. The second-order valence-corrected chi connectivity index (χ2v) is 9.04. The van der Waals surface area contributed by atoms with Crippen molar-refractivity contribution in [2.24, 2.45) is 5.50 Å². The topological polar surface area (TPSA) is 64.4 Å². The van der Waals surface area contributed by atoms with Gasteiger partial charge in [-0.2, -0.15) is 0 Å². The number of rotatable bonds is 5. The van der Waals surface area contributed by atoms with Gasteiger partial charge in [0, 0.05) is 10.9 Å². The van der Waals surface area contributed by atoms with Gasteiger partial charge < -0.3 is 9.84 Å². The maximum atomic E-state index is 12.0. The van der Waals surface area contributed by atoms with E-state index in [0.717, 1.165) is 29.1 Å². The van der Waals surface area contributed by atoms with E-state index < -0.39 is 6.72 Å². The van der Waals surface area contributed by atoms with Gasteiger partial charge in [-0.05, 0) is 49.1 Å². The average molecular weight is 318 g/mol. The van der Waals surface area contributed by atoms with Gasteiger partial charge >= 0.3 is 6.72 Å². The third-order valence-corrected chi connectivity index (χ3v) is 6.33. The number of aryl methyl sites for hydroxylation is 1. The first-order chi connectivity index (χ1) is 8.82. The summed E-state index contributed by atoms with van der Waals surface area (Å²) in [5.74, 6) is 0. The minimum atomic E-state index is -3.25. The zero-order valence-electron chi connectivity index (χ0n) is 11.3. The van der Waals surface area contributed by atoms with Crippen LogP contribution >= 0.6 is 30.3 Å². The minimum absolute atomic E-state index is 0.0329. The third-order valence-electron chi connectivity index (χ3n) is 2.41. The van der Waals surface area contributed by atoms with E-state index in [1.165, 1.54) is 0 Å². The summed E-state index contributed by atoms with van der Waals surface area (Å²) in [6.45, 7) is 2.69. The SMILES string of the molecule is CCC(C)SP(N)(=O)OC(=S)Nc1ccc(C)cc1. The summed E-state index contributed by atoms with van der Waals surface area (Å²) in [4.78, 5) is 0. The van der Waals surface area contributed by atoms with E-state index >= 15 is 0 Å². The van der Waals surface area contributed by atoms with Crippen LogP contribution in [-0.2, 0) is 9.09 Å². The van der Waals surface area contributed by atoms with E-state index in [9.17, 15) is 4.57 Å². The molecule has 0 aliphatic carbocycles. The predicted octanol–water partition coefficient (Wildman–Crippen LogP) is 4.31. The van der Waals surface area contributed by atoms with E-state index in [1.807, 2.05) is 45.0 Å². The van der Waals surface area contributed by atoms with Crippen LogP contribution in [0.1, 0.15) is 25.8 Å². The molecule has 1 aromatic carbocycles. The van der Waals surface area contributed by atoms with Gasteiger partial charge in [-0.3, -0.25) is 0 Å². The van der Waals surface area contributed by atoms with Crippen molar-refractivity contribution in [1.82, 2.24) is 0 Å². The number of nitrogens with two attached hydrogens (primary N) is 1. The lowest BCUT2D eigenvalue weighted by Gasteiger charge is -2.18. The van der Waals surface area contributed by atoms with Gasteiger partial charge in [-0.1, -0.05) is 31.5 Å². The van der Waals surface area contributed by atoms with E-state index in [1.54, 1.807) is 0 Å². The van der Waals surface area contributed by atoms with Crippen molar-refractivity contribution in [2.75, 3.05) is 5.32 Å². The van der Waals surface area contributed by atoms with E-state index in [4.69, 9.17) is 22.2 Å². The van der Waals surface area contributed by atoms with Crippen molar-refractivity contribution in [1.29, 1.82) is 0 Å². The molecule has 0 saturated heterocycles. The summed E-state index contributed by atoms with van der Waals surface area (Å²) in [6, 6.07) is 7.63. The van der Waals surface area contributed by atoms with Crippen molar-refractivity contribution < 1.29 is 9.09 Å². The van der Waals surface area contributed by atoms with Crippen LogP contribution in [0, 0.1) is 6.92 Å². The Labute approximate surface area is 123 Å².